The van der Waals surface area contributed by atoms with Gasteiger partial charge in [0.15, 0.2) is 0 Å². The summed E-state index contributed by atoms with van der Waals surface area (Å²) >= 11 is 0. The minimum Gasteiger partial charge on any atom is -0.371 e. The Morgan fingerprint density at radius 3 is 2.39 bits per heavy atom. The molecule has 160 valence electrons. The molecular weight excluding hydrogens is 397 g/mol. The van der Waals surface area contributed by atoms with Crippen molar-refractivity contribution < 1.29 is 14.0 Å². The quantitative estimate of drug-likeness (QED) is 0.795. The van der Waals surface area contributed by atoms with Crippen molar-refractivity contribution in [2.75, 3.05) is 29.4 Å². The van der Waals surface area contributed by atoms with Crippen LogP contribution >= 0.6 is 0 Å². The molecule has 1 unspecified atom stereocenters. The Morgan fingerprint density at radius 2 is 1.71 bits per heavy atom. The first-order valence-electron chi connectivity index (χ1n) is 10.4. The van der Waals surface area contributed by atoms with Crippen molar-refractivity contribution in [2.45, 2.75) is 31.3 Å². The van der Waals surface area contributed by atoms with Gasteiger partial charge in [-0.3, -0.25) is 4.79 Å². The number of benzene rings is 2. The number of piperidine rings is 1. The first kappa shape index (κ1) is 20.7. The smallest absolute Gasteiger partial charge is 0.315 e. The molecule has 1 atom stereocenters. The fraction of sp³-hybridized carbons (Fsp3) is 0.348. The summed E-state index contributed by atoms with van der Waals surface area (Å²) in [6, 6.07) is 14.7. The van der Waals surface area contributed by atoms with E-state index in [0.29, 0.717) is 18.5 Å². The van der Waals surface area contributed by atoms with Crippen molar-refractivity contribution in [2.24, 2.45) is 0 Å². The van der Waals surface area contributed by atoms with Gasteiger partial charge >= 0.3 is 6.03 Å². The van der Waals surface area contributed by atoms with Gasteiger partial charge in [0.1, 0.15) is 11.9 Å². The van der Waals surface area contributed by atoms with Crippen LogP contribution in [0.2, 0.25) is 0 Å². The molecule has 2 fully saturated rings. The van der Waals surface area contributed by atoms with Gasteiger partial charge in [0.25, 0.3) is 0 Å². The van der Waals surface area contributed by atoms with Gasteiger partial charge in [0, 0.05) is 31.4 Å². The molecule has 2 saturated heterocycles. The number of nitrogens with zero attached hydrogens (tertiary/aromatic N) is 3. The molecule has 31 heavy (non-hydrogen) atoms. The number of amides is 3. The Labute approximate surface area is 180 Å². The van der Waals surface area contributed by atoms with Crippen molar-refractivity contribution in [3.05, 3.63) is 59.9 Å². The molecule has 4 rings (SSSR count). The molecule has 0 aliphatic carbocycles. The van der Waals surface area contributed by atoms with E-state index in [-0.39, 0.29) is 23.7 Å². The lowest BCUT2D eigenvalue weighted by molar-refractivity contribution is -0.118. The Kier molecular flexibility index (Phi) is 6.03. The van der Waals surface area contributed by atoms with Crippen molar-refractivity contribution in [1.29, 1.82) is 5.26 Å². The van der Waals surface area contributed by atoms with Gasteiger partial charge in [-0.15, -0.1) is 0 Å². The Balaban J connectivity index is 1.26. The topological polar surface area (TPSA) is 88.5 Å². The number of para-hydroxylation sites is 1. The van der Waals surface area contributed by atoms with Crippen LogP contribution in [0, 0.1) is 17.1 Å². The number of carbonyl (C=O) groups excluding carboxylic acids is 2. The lowest BCUT2D eigenvalue weighted by atomic mass is 10.0. The zero-order valence-electron chi connectivity index (χ0n) is 17.1. The largest absolute Gasteiger partial charge is 0.371 e. The summed E-state index contributed by atoms with van der Waals surface area (Å²) in [7, 11) is 0. The Bertz CT molecular complexity index is 996. The third-order valence-corrected chi connectivity index (χ3v) is 5.85. The zero-order valence-corrected chi connectivity index (χ0v) is 17.1. The zero-order chi connectivity index (χ0) is 21.8. The highest BCUT2D eigenvalue weighted by Gasteiger charge is 2.35. The summed E-state index contributed by atoms with van der Waals surface area (Å²) < 4.78 is 14.0. The summed E-state index contributed by atoms with van der Waals surface area (Å²) in [5, 5.41) is 14.6. The standard InChI is InChI=1S/C23H24FN5O2/c24-19-3-1-2-4-21(19)29-14-11-20(22(29)30)27-23(31)26-17-9-12-28(13-10-17)18-7-5-16(15-25)6-8-18/h1-8,17,20H,9-14H2,(H2,26,27,31). The van der Waals surface area contributed by atoms with Gasteiger partial charge < -0.3 is 20.4 Å². The predicted octanol–water partition coefficient (Wildman–Crippen LogP) is 2.77. The van der Waals surface area contributed by atoms with E-state index in [4.69, 9.17) is 5.26 Å². The number of carbonyl (C=O) groups is 2. The van der Waals surface area contributed by atoms with E-state index in [0.717, 1.165) is 31.6 Å². The summed E-state index contributed by atoms with van der Waals surface area (Å²) in [6.07, 6.45) is 2.01. The van der Waals surface area contributed by atoms with Crippen LogP contribution < -0.4 is 20.4 Å². The van der Waals surface area contributed by atoms with Crippen LogP contribution in [0.3, 0.4) is 0 Å². The highest BCUT2D eigenvalue weighted by Crippen LogP contribution is 2.24. The third kappa shape index (κ3) is 4.61. The van der Waals surface area contributed by atoms with E-state index in [9.17, 15) is 14.0 Å². The summed E-state index contributed by atoms with van der Waals surface area (Å²) in [4.78, 5) is 28.7. The van der Waals surface area contributed by atoms with Gasteiger partial charge in [-0.2, -0.15) is 5.26 Å². The first-order valence-corrected chi connectivity index (χ1v) is 10.4. The predicted molar refractivity (Wildman–Crippen MR) is 115 cm³/mol. The number of anilines is 2. The molecule has 0 bridgehead atoms. The first-order chi connectivity index (χ1) is 15.0. The van der Waals surface area contributed by atoms with E-state index >= 15 is 0 Å². The fourth-order valence-corrected chi connectivity index (χ4v) is 4.14. The highest BCUT2D eigenvalue weighted by molar-refractivity contribution is 6.01. The maximum atomic E-state index is 14.0. The molecule has 0 aromatic heterocycles. The SMILES string of the molecule is N#Cc1ccc(N2CCC(NC(=O)NC3CCN(c4ccccc4F)C3=O)CC2)cc1. The number of nitriles is 1. The van der Waals surface area contributed by atoms with Crippen LogP contribution in [-0.2, 0) is 4.79 Å². The number of urea groups is 1. The second-order valence-corrected chi connectivity index (χ2v) is 7.82. The maximum absolute atomic E-state index is 14.0. The molecule has 0 radical (unpaired) electrons. The maximum Gasteiger partial charge on any atom is 0.315 e. The van der Waals surface area contributed by atoms with Crippen molar-refractivity contribution in [1.82, 2.24) is 10.6 Å². The van der Waals surface area contributed by atoms with Crippen LogP contribution in [0.4, 0.5) is 20.6 Å². The number of hydrogen-bond donors (Lipinski definition) is 2. The lowest BCUT2D eigenvalue weighted by Crippen LogP contribution is -2.51. The molecule has 2 aliphatic heterocycles. The number of halogens is 1. The minimum atomic E-state index is -0.654. The molecule has 2 heterocycles. The van der Waals surface area contributed by atoms with Crippen LogP contribution in [0.15, 0.2) is 48.5 Å². The molecule has 7 nitrogen and oxygen atoms in total. The van der Waals surface area contributed by atoms with Crippen LogP contribution in [-0.4, -0.2) is 43.7 Å². The van der Waals surface area contributed by atoms with Gasteiger partial charge in [0.05, 0.1) is 17.3 Å². The van der Waals surface area contributed by atoms with E-state index < -0.39 is 11.9 Å². The van der Waals surface area contributed by atoms with Crippen LogP contribution in [0.5, 0.6) is 0 Å². The molecule has 0 saturated carbocycles. The average molecular weight is 421 g/mol. The van der Waals surface area contributed by atoms with E-state index in [2.05, 4.69) is 21.6 Å². The Morgan fingerprint density at radius 1 is 1.00 bits per heavy atom. The van der Waals surface area contributed by atoms with Gasteiger partial charge in [0.2, 0.25) is 5.91 Å². The molecule has 2 aromatic rings. The van der Waals surface area contributed by atoms with Gasteiger partial charge in [-0.05, 0) is 55.7 Å². The van der Waals surface area contributed by atoms with Crippen LogP contribution in [0.25, 0.3) is 0 Å². The minimum absolute atomic E-state index is 0.0220. The van der Waals surface area contributed by atoms with E-state index in [1.807, 2.05) is 12.1 Å². The summed E-state index contributed by atoms with van der Waals surface area (Å²) in [5.41, 5.74) is 1.94. The number of rotatable bonds is 4. The number of nitrogens with one attached hydrogen (secondary N) is 2. The van der Waals surface area contributed by atoms with Crippen molar-refractivity contribution >= 4 is 23.3 Å². The van der Waals surface area contributed by atoms with Crippen LogP contribution in [0.1, 0.15) is 24.8 Å². The molecule has 0 spiro atoms. The monoisotopic (exact) mass is 421 g/mol. The van der Waals surface area contributed by atoms with Gasteiger partial charge in [-0.1, -0.05) is 12.1 Å². The molecule has 2 aliphatic rings. The molecule has 8 heteroatoms. The van der Waals surface area contributed by atoms with E-state index in [1.54, 1.807) is 30.3 Å². The van der Waals surface area contributed by atoms with Crippen molar-refractivity contribution in [3.63, 3.8) is 0 Å². The second-order valence-electron chi connectivity index (χ2n) is 7.82. The molecule has 2 aromatic carbocycles. The summed E-state index contributed by atoms with van der Waals surface area (Å²) in [6.45, 7) is 1.95. The van der Waals surface area contributed by atoms with E-state index in [1.165, 1.54) is 11.0 Å². The summed E-state index contributed by atoms with van der Waals surface area (Å²) in [5.74, 6) is -0.745. The third-order valence-electron chi connectivity index (χ3n) is 5.85. The highest BCUT2D eigenvalue weighted by atomic mass is 19.1. The lowest BCUT2D eigenvalue weighted by Gasteiger charge is -2.34. The molecular formula is C23H24FN5O2. The second kappa shape index (κ2) is 9.04. The molecule has 3 amide bonds. The number of hydrogen-bond acceptors (Lipinski definition) is 4. The van der Waals surface area contributed by atoms with Gasteiger partial charge in [-0.25, -0.2) is 9.18 Å². The molecule has 2 N–H and O–H groups in total. The van der Waals surface area contributed by atoms with Crippen molar-refractivity contribution in [3.8, 4) is 6.07 Å². The Hall–Kier alpha value is -3.60. The normalized spacial score (nSPS) is 19.2. The fourth-order valence-electron chi connectivity index (χ4n) is 4.14. The average Bonchev–Trinajstić information content (AvgIpc) is 3.14.